The lowest BCUT2D eigenvalue weighted by Gasteiger charge is -1.82. The first-order chi connectivity index (χ1) is 4.39. The Bertz CT molecular complexity index is 135. The highest BCUT2D eigenvalue weighted by molar-refractivity contribution is 5.11. The summed E-state index contributed by atoms with van der Waals surface area (Å²) in [6, 6.07) is 10.3. The predicted molar refractivity (Wildman–Crippen MR) is 44.6 cm³/mol. The second-order valence-electron chi connectivity index (χ2n) is 1.65. The van der Waals surface area contributed by atoms with Gasteiger partial charge in [0.15, 0.2) is 0 Å². The van der Waals surface area contributed by atoms with E-state index >= 15 is 0 Å². The Balaban J connectivity index is 0. The molecule has 0 aliphatic rings. The van der Waals surface area contributed by atoms with Crippen LogP contribution in [0.5, 0.6) is 0 Å². The van der Waals surface area contributed by atoms with E-state index in [0.29, 0.717) is 0 Å². The van der Waals surface area contributed by atoms with E-state index in [1.807, 2.05) is 32.0 Å². The van der Waals surface area contributed by atoms with Crippen LogP contribution in [0.3, 0.4) is 0 Å². The molecule has 0 aliphatic heterocycles. The van der Waals surface area contributed by atoms with Gasteiger partial charge < -0.3 is 0 Å². The largest absolute Gasteiger partial charge is 0.0683 e. The molecule has 52 valence electrons. The first kappa shape index (κ1) is 8.22. The fourth-order valence-corrected chi connectivity index (χ4v) is 0.534. The van der Waals surface area contributed by atoms with Gasteiger partial charge in [-0.05, 0) is 6.92 Å². The Morgan fingerprint density at radius 2 is 1.44 bits per heavy atom. The van der Waals surface area contributed by atoms with Crippen LogP contribution in [0.4, 0.5) is 0 Å². The van der Waals surface area contributed by atoms with Crippen LogP contribution in [0.2, 0.25) is 0 Å². The minimum absolute atomic E-state index is 0. The Kier molecular flexibility index (Phi) is 4.89. The van der Waals surface area contributed by atoms with E-state index in [2.05, 4.69) is 19.1 Å². The first-order valence-electron chi connectivity index (χ1n) is 3.41. The van der Waals surface area contributed by atoms with Gasteiger partial charge in [-0.3, -0.25) is 0 Å². The fourth-order valence-electron chi connectivity index (χ4n) is 0.534. The second-order valence-corrected chi connectivity index (χ2v) is 1.65. The minimum atomic E-state index is 0. The highest BCUT2D eigenvalue weighted by Crippen LogP contribution is 1.92. The van der Waals surface area contributed by atoms with Crippen LogP contribution >= 0.6 is 0 Å². The summed E-state index contributed by atoms with van der Waals surface area (Å²) in [6.45, 7) is 6.08. The molecular weight excluding hydrogens is 108 g/mol. The Hall–Kier alpha value is -0.780. The molecule has 1 aromatic carbocycles. The van der Waals surface area contributed by atoms with Gasteiger partial charge in [-0.1, -0.05) is 49.7 Å². The average Bonchev–Trinajstić information content (AvgIpc) is 1.94. The molecule has 0 spiro atoms. The Morgan fingerprint density at radius 3 is 1.67 bits per heavy atom. The van der Waals surface area contributed by atoms with Gasteiger partial charge in [0.1, 0.15) is 0 Å². The normalized spacial score (nSPS) is 7.44. The van der Waals surface area contributed by atoms with Crippen LogP contribution in [0, 0.1) is 6.92 Å². The maximum atomic E-state index is 2.08. The van der Waals surface area contributed by atoms with Gasteiger partial charge in [0.25, 0.3) is 0 Å². The SMILES string of the molecule is CC.Cc1ccccc1.[2HH]. The van der Waals surface area contributed by atoms with Gasteiger partial charge >= 0.3 is 0 Å². The minimum Gasteiger partial charge on any atom is -0.0683 e. The summed E-state index contributed by atoms with van der Waals surface area (Å²) in [5, 5.41) is 0. The number of benzene rings is 1. The molecule has 1 rings (SSSR count). The molecule has 0 fully saturated rings. The summed E-state index contributed by atoms with van der Waals surface area (Å²) < 4.78 is 0. The van der Waals surface area contributed by atoms with Crippen LogP contribution in [0.15, 0.2) is 30.3 Å². The Morgan fingerprint density at radius 1 is 1.00 bits per heavy atom. The van der Waals surface area contributed by atoms with E-state index in [1.165, 1.54) is 5.56 Å². The maximum absolute atomic E-state index is 2.08. The summed E-state index contributed by atoms with van der Waals surface area (Å²) in [4.78, 5) is 0. The van der Waals surface area contributed by atoms with Crippen LogP contribution < -0.4 is 0 Å². The van der Waals surface area contributed by atoms with E-state index in [0.717, 1.165) is 0 Å². The summed E-state index contributed by atoms with van der Waals surface area (Å²) >= 11 is 0. The van der Waals surface area contributed by atoms with Crippen molar-refractivity contribution in [2.24, 2.45) is 0 Å². The number of rotatable bonds is 0. The lowest BCUT2D eigenvalue weighted by molar-refractivity contribution is 1.48. The van der Waals surface area contributed by atoms with Gasteiger partial charge in [0.2, 0.25) is 0 Å². The first-order valence-corrected chi connectivity index (χ1v) is 3.41. The quantitative estimate of drug-likeness (QED) is 0.499. The molecule has 0 saturated heterocycles. The van der Waals surface area contributed by atoms with Crippen molar-refractivity contribution in [2.45, 2.75) is 20.8 Å². The molecule has 0 nitrogen and oxygen atoms in total. The maximum Gasteiger partial charge on any atom is 0 e. The molecule has 0 unspecified atom stereocenters. The number of aryl methyl sites for hydroxylation is 1. The lowest BCUT2D eigenvalue weighted by Crippen LogP contribution is -1.62. The predicted octanol–water partition coefficient (Wildman–Crippen LogP) is 3.27. The molecule has 0 radical (unpaired) electrons. The standard InChI is InChI=1S/C7H8.C2H6.H2/c1-7-5-3-2-4-6-7;1-2;/h2-6H,1H3;1-2H3;1H/i;;1+1. The molecule has 0 N–H and O–H groups in total. The Labute approximate surface area is 59.0 Å². The zero-order valence-electron chi connectivity index (χ0n) is 6.39. The van der Waals surface area contributed by atoms with Crippen molar-refractivity contribution in [2.75, 3.05) is 0 Å². The van der Waals surface area contributed by atoms with Crippen molar-refractivity contribution in [3.8, 4) is 0 Å². The van der Waals surface area contributed by atoms with Gasteiger partial charge in [-0.15, -0.1) is 0 Å². The highest BCUT2D eigenvalue weighted by atomic mass is 13.8. The molecule has 0 bridgehead atoms. The van der Waals surface area contributed by atoms with Gasteiger partial charge in [-0.25, -0.2) is 0 Å². The van der Waals surface area contributed by atoms with Crippen LogP contribution in [-0.2, 0) is 0 Å². The monoisotopic (exact) mass is 125 g/mol. The fraction of sp³-hybridized carbons (Fsp3) is 0.333. The van der Waals surface area contributed by atoms with Gasteiger partial charge in [0.05, 0.1) is 0 Å². The molecular formula is C9H16. The molecule has 0 aromatic heterocycles. The van der Waals surface area contributed by atoms with Crippen LogP contribution in [0.25, 0.3) is 0 Å². The van der Waals surface area contributed by atoms with Crippen molar-refractivity contribution < 1.29 is 1.43 Å². The third-order valence-corrected chi connectivity index (χ3v) is 0.940. The third-order valence-electron chi connectivity index (χ3n) is 0.940. The molecule has 0 heteroatoms. The highest BCUT2D eigenvalue weighted by Gasteiger charge is 1.72. The van der Waals surface area contributed by atoms with Crippen molar-refractivity contribution in [3.63, 3.8) is 0 Å². The topological polar surface area (TPSA) is 0 Å². The third kappa shape index (κ3) is 3.77. The molecule has 0 amide bonds. The van der Waals surface area contributed by atoms with Gasteiger partial charge in [0, 0.05) is 1.43 Å². The van der Waals surface area contributed by atoms with Crippen molar-refractivity contribution >= 4 is 0 Å². The average molecular weight is 125 g/mol. The molecule has 0 atom stereocenters. The summed E-state index contributed by atoms with van der Waals surface area (Å²) in [6.07, 6.45) is 0. The summed E-state index contributed by atoms with van der Waals surface area (Å²) in [5.74, 6) is 0. The summed E-state index contributed by atoms with van der Waals surface area (Å²) in [7, 11) is 0. The van der Waals surface area contributed by atoms with Crippen molar-refractivity contribution in [3.05, 3.63) is 35.9 Å². The van der Waals surface area contributed by atoms with E-state index in [9.17, 15) is 0 Å². The number of hydrogen-bond acceptors (Lipinski definition) is 0. The van der Waals surface area contributed by atoms with E-state index in [1.54, 1.807) is 0 Å². The zero-order chi connectivity index (χ0) is 7.11. The van der Waals surface area contributed by atoms with Crippen LogP contribution in [-0.4, -0.2) is 0 Å². The second kappa shape index (κ2) is 5.36. The van der Waals surface area contributed by atoms with Crippen molar-refractivity contribution in [1.29, 1.82) is 0 Å². The molecule has 9 heavy (non-hydrogen) atoms. The van der Waals surface area contributed by atoms with E-state index < -0.39 is 0 Å². The smallest absolute Gasteiger partial charge is 0 e. The molecule has 0 heterocycles. The molecule has 0 saturated carbocycles. The molecule has 1 aromatic rings. The van der Waals surface area contributed by atoms with E-state index in [-0.39, 0.29) is 1.43 Å². The number of hydrogen-bond donors (Lipinski definition) is 0. The lowest BCUT2D eigenvalue weighted by atomic mass is 10.2. The van der Waals surface area contributed by atoms with Crippen molar-refractivity contribution in [1.82, 2.24) is 0 Å². The molecule has 0 aliphatic carbocycles. The van der Waals surface area contributed by atoms with Gasteiger partial charge in [-0.2, -0.15) is 0 Å². The zero-order valence-corrected chi connectivity index (χ0v) is 6.39. The van der Waals surface area contributed by atoms with E-state index in [4.69, 9.17) is 0 Å². The van der Waals surface area contributed by atoms with Crippen LogP contribution in [0.1, 0.15) is 20.8 Å². The summed E-state index contributed by atoms with van der Waals surface area (Å²) in [5.41, 5.74) is 1.32.